The second-order valence-electron chi connectivity index (χ2n) is 2.44. The van der Waals surface area contributed by atoms with Crippen LogP contribution in [0.2, 0.25) is 0 Å². The van der Waals surface area contributed by atoms with Crippen LogP contribution in [0.4, 0.5) is 0 Å². The lowest BCUT2D eigenvalue weighted by atomic mass is 10.2. The van der Waals surface area contributed by atoms with Crippen LogP contribution in [-0.4, -0.2) is 12.6 Å². The van der Waals surface area contributed by atoms with Crippen LogP contribution < -0.4 is 5.32 Å². The molecule has 0 saturated carbocycles. The summed E-state index contributed by atoms with van der Waals surface area (Å²) in [6.45, 7) is 4.87. The maximum atomic E-state index is 5.14. The number of hydrogen-bond donors (Lipinski definition) is 1. The highest BCUT2D eigenvalue weighted by atomic mass is 14.9. The summed E-state index contributed by atoms with van der Waals surface area (Å²) in [7, 11) is 0. The zero-order valence-corrected chi connectivity index (χ0v) is 7.28. The highest BCUT2D eigenvalue weighted by Crippen LogP contribution is 1.87. The van der Waals surface area contributed by atoms with Gasteiger partial charge in [-0.25, -0.2) is 0 Å². The Morgan fingerprint density at radius 1 is 1.55 bits per heavy atom. The molecule has 1 unspecified atom stereocenters. The van der Waals surface area contributed by atoms with Gasteiger partial charge in [-0.15, -0.1) is 24.2 Å². The fourth-order valence-corrected chi connectivity index (χ4v) is 0.755. The third-order valence-electron chi connectivity index (χ3n) is 1.34. The maximum Gasteiger partial charge on any atom is 0.0238 e. The molecule has 0 bridgehead atoms. The van der Waals surface area contributed by atoms with Crippen LogP contribution in [0.3, 0.4) is 0 Å². The molecule has 0 aromatic heterocycles. The molecule has 0 radical (unpaired) electrons. The van der Waals surface area contributed by atoms with Gasteiger partial charge >= 0.3 is 0 Å². The molecule has 0 fully saturated rings. The molecule has 0 aliphatic rings. The largest absolute Gasteiger partial charge is 0.312 e. The Balaban J connectivity index is 3.23. The number of hydrogen-bond acceptors (Lipinski definition) is 1. The van der Waals surface area contributed by atoms with Gasteiger partial charge in [0, 0.05) is 25.4 Å². The van der Waals surface area contributed by atoms with E-state index in [0.717, 1.165) is 19.4 Å². The van der Waals surface area contributed by atoms with E-state index in [4.69, 9.17) is 6.42 Å². The molecule has 0 aromatic rings. The Labute approximate surface area is 69.6 Å². The van der Waals surface area contributed by atoms with E-state index in [9.17, 15) is 0 Å². The minimum Gasteiger partial charge on any atom is -0.312 e. The first-order valence-corrected chi connectivity index (χ1v) is 3.87. The van der Waals surface area contributed by atoms with Crippen molar-refractivity contribution in [1.82, 2.24) is 5.32 Å². The Morgan fingerprint density at radius 2 is 2.27 bits per heavy atom. The summed E-state index contributed by atoms with van der Waals surface area (Å²) in [4.78, 5) is 0. The molecular weight excluding hydrogens is 134 g/mol. The van der Waals surface area contributed by atoms with Gasteiger partial charge in [-0.3, -0.25) is 0 Å². The molecule has 1 nitrogen and oxygen atoms in total. The first-order valence-electron chi connectivity index (χ1n) is 3.87. The van der Waals surface area contributed by atoms with Crippen molar-refractivity contribution in [3.63, 3.8) is 0 Å². The summed E-state index contributed by atoms with van der Waals surface area (Å²) >= 11 is 0. The molecule has 0 aliphatic carbocycles. The van der Waals surface area contributed by atoms with Crippen molar-refractivity contribution in [1.29, 1.82) is 0 Å². The first kappa shape index (κ1) is 10.1. The van der Waals surface area contributed by atoms with Gasteiger partial charge in [0.25, 0.3) is 0 Å². The molecule has 1 N–H and O–H groups in total. The molecule has 11 heavy (non-hydrogen) atoms. The third kappa shape index (κ3) is 6.97. The van der Waals surface area contributed by atoms with Gasteiger partial charge in [0.05, 0.1) is 0 Å². The van der Waals surface area contributed by atoms with Crippen LogP contribution in [0, 0.1) is 24.2 Å². The summed E-state index contributed by atoms with van der Waals surface area (Å²) in [6, 6.07) is 0.415. The van der Waals surface area contributed by atoms with Crippen LogP contribution in [0.25, 0.3) is 0 Å². The summed E-state index contributed by atoms with van der Waals surface area (Å²) in [5, 5.41) is 3.27. The van der Waals surface area contributed by atoms with E-state index in [1.54, 1.807) is 0 Å². The van der Waals surface area contributed by atoms with Crippen molar-refractivity contribution in [2.45, 2.75) is 32.7 Å². The van der Waals surface area contributed by atoms with Crippen LogP contribution in [0.1, 0.15) is 26.7 Å². The minimum atomic E-state index is 0.415. The Kier molecular flexibility index (Phi) is 6.59. The molecular formula is C10H15N. The van der Waals surface area contributed by atoms with Crippen LogP contribution in [0.5, 0.6) is 0 Å². The van der Waals surface area contributed by atoms with Crippen LogP contribution >= 0.6 is 0 Å². The van der Waals surface area contributed by atoms with E-state index in [0.29, 0.717) is 6.04 Å². The van der Waals surface area contributed by atoms with Gasteiger partial charge in [-0.1, -0.05) is 0 Å². The van der Waals surface area contributed by atoms with Gasteiger partial charge in [-0.2, -0.15) is 0 Å². The maximum absolute atomic E-state index is 5.14. The molecule has 0 heterocycles. The summed E-state index contributed by atoms with van der Waals surface area (Å²) < 4.78 is 0. The lowest BCUT2D eigenvalue weighted by Gasteiger charge is -2.07. The summed E-state index contributed by atoms with van der Waals surface area (Å²) in [6.07, 6.45) is 6.84. The third-order valence-corrected chi connectivity index (χ3v) is 1.34. The quantitative estimate of drug-likeness (QED) is 0.470. The fourth-order valence-electron chi connectivity index (χ4n) is 0.755. The number of rotatable bonds is 4. The Hall–Kier alpha value is -0.920. The minimum absolute atomic E-state index is 0.415. The Bertz CT molecular complexity index is 177. The molecule has 1 heteroatoms. The molecule has 0 saturated heterocycles. The predicted molar refractivity (Wildman–Crippen MR) is 49.0 cm³/mol. The number of terminal acetylenes is 1. The highest BCUT2D eigenvalue weighted by Gasteiger charge is 1.95. The van der Waals surface area contributed by atoms with Crippen molar-refractivity contribution in [3.05, 3.63) is 0 Å². The lowest BCUT2D eigenvalue weighted by molar-refractivity contribution is 0.568. The van der Waals surface area contributed by atoms with Gasteiger partial charge < -0.3 is 5.32 Å². The molecule has 60 valence electrons. The van der Waals surface area contributed by atoms with Gasteiger partial charge in [0.2, 0.25) is 0 Å². The van der Waals surface area contributed by atoms with E-state index < -0.39 is 0 Å². The molecule has 1 atom stereocenters. The standard InChI is InChI=1S/C10H15N/c1-4-6-7-9-11-10(3)8-5-2/h2,10-11H,7-9H2,1,3H3. The van der Waals surface area contributed by atoms with Crippen LogP contribution in [0.15, 0.2) is 0 Å². The van der Waals surface area contributed by atoms with E-state index in [1.165, 1.54) is 0 Å². The zero-order chi connectivity index (χ0) is 8.53. The topological polar surface area (TPSA) is 12.0 Å². The molecule has 0 aliphatic heterocycles. The average Bonchev–Trinajstić information content (AvgIpc) is 1.99. The fraction of sp³-hybridized carbons (Fsp3) is 0.600. The van der Waals surface area contributed by atoms with Crippen molar-refractivity contribution in [2.24, 2.45) is 0 Å². The van der Waals surface area contributed by atoms with Crippen molar-refractivity contribution >= 4 is 0 Å². The predicted octanol–water partition coefficient (Wildman–Crippen LogP) is 1.40. The monoisotopic (exact) mass is 149 g/mol. The smallest absolute Gasteiger partial charge is 0.0238 e. The van der Waals surface area contributed by atoms with Gasteiger partial charge in [0.1, 0.15) is 0 Å². The normalized spacial score (nSPS) is 11.0. The zero-order valence-electron chi connectivity index (χ0n) is 7.28. The van der Waals surface area contributed by atoms with E-state index >= 15 is 0 Å². The summed E-state index contributed by atoms with van der Waals surface area (Å²) in [5.74, 6) is 8.43. The molecule has 0 rings (SSSR count). The van der Waals surface area contributed by atoms with Crippen LogP contribution in [-0.2, 0) is 0 Å². The van der Waals surface area contributed by atoms with Crippen molar-refractivity contribution in [2.75, 3.05) is 6.54 Å². The average molecular weight is 149 g/mol. The van der Waals surface area contributed by atoms with Crippen molar-refractivity contribution < 1.29 is 0 Å². The Morgan fingerprint density at radius 3 is 2.82 bits per heavy atom. The first-order chi connectivity index (χ1) is 5.31. The molecule has 0 amide bonds. The second kappa shape index (κ2) is 7.19. The lowest BCUT2D eigenvalue weighted by Crippen LogP contribution is -2.26. The van der Waals surface area contributed by atoms with Gasteiger partial charge in [0.15, 0.2) is 0 Å². The molecule has 0 spiro atoms. The SMILES string of the molecule is C#CCC(C)NCCC#CC. The highest BCUT2D eigenvalue weighted by molar-refractivity contribution is 4.95. The number of nitrogens with one attached hydrogen (secondary N) is 1. The van der Waals surface area contributed by atoms with Gasteiger partial charge in [-0.05, 0) is 13.8 Å². The summed E-state index contributed by atoms with van der Waals surface area (Å²) in [5.41, 5.74) is 0. The molecule has 0 aromatic carbocycles. The second-order valence-corrected chi connectivity index (χ2v) is 2.44. The van der Waals surface area contributed by atoms with E-state index in [-0.39, 0.29) is 0 Å². The van der Waals surface area contributed by atoms with E-state index in [1.807, 2.05) is 6.92 Å². The van der Waals surface area contributed by atoms with Crippen molar-refractivity contribution in [3.8, 4) is 24.2 Å². The van der Waals surface area contributed by atoms with E-state index in [2.05, 4.69) is 30.0 Å².